The van der Waals surface area contributed by atoms with Crippen LogP contribution in [0.2, 0.25) is 5.02 Å². The number of fused-ring (bicyclic) bond motifs is 1. The fraction of sp³-hybridized carbons (Fsp3) is 0. The molecule has 0 aliphatic rings. The Balaban J connectivity index is 0.00000218. The second-order valence-corrected chi connectivity index (χ2v) is 7.12. The minimum absolute atomic E-state index is 0. The van der Waals surface area contributed by atoms with Gasteiger partial charge in [0.2, 0.25) is 0 Å². The molecule has 0 bridgehead atoms. The van der Waals surface area contributed by atoms with Crippen molar-refractivity contribution >= 4 is 34.1 Å². The number of nitrogens with zero attached hydrogens (tertiary/aromatic N) is 2. The van der Waals surface area contributed by atoms with E-state index in [4.69, 9.17) is 16.6 Å². The van der Waals surface area contributed by atoms with Crippen LogP contribution in [0.15, 0.2) is 91.0 Å². The van der Waals surface area contributed by atoms with Crippen LogP contribution in [0.3, 0.4) is 0 Å². The molecule has 0 fully saturated rings. The van der Waals surface area contributed by atoms with Crippen LogP contribution in [0.5, 0.6) is 0 Å². The fourth-order valence-electron chi connectivity index (χ4n) is 3.38. The summed E-state index contributed by atoms with van der Waals surface area (Å²) >= 11 is 6.45. The summed E-state index contributed by atoms with van der Waals surface area (Å²) in [5.41, 5.74) is 4.83. The molecule has 2 heterocycles. The molecule has 0 amide bonds. The molecule has 2 aromatic heterocycles. The number of benzene rings is 3. The first-order chi connectivity index (χ1) is 14.3. The van der Waals surface area contributed by atoms with Crippen LogP contribution in [-0.4, -0.2) is 15.2 Å². The van der Waals surface area contributed by atoms with Gasteiger partial charge < -0.3 is 5.32 Å². The van der Waals surface area contributed by atoms with Crippen molar-refractivity contribution in [2.45, 2.75) is 0 Å². The average Bonchev–Trinajstić information content (AvgIpc) is 3.17. The Kier molecular flexibility index (Phi) is 5.91. The van der Waals surface area contributed by atoms with Gasteiger partial charge in [-0.2, -0.15) is 5.10 Å². The van der Waals surface area contributed by atoms with Crippen molar-refractivity contribution in [3.05, 3.63) is 96.0 Å². The molecule has 3 aromatic carbocycles. The molecule has 4 nitrogen and oxygen atoms in total. The van der Waals surface area contributed by atoms with Gasteiger partial charge in [-0.3, -0.25) is 5.10 Å². The van der Waals surface area contributed by atoms with E-state index < -0.39 is 0 Å². The van der Waals surface area contributed by atoms with E-state index in [0.717, 1.165) is 39.1 Å². The Morgan fingerprint density at radius 3 is 2.33 bits per heavy atom. The van der Waals surface area contributed by atoms with Gasteiger partial charge in [0.25, 0.3) is 0 Å². The first kappa shape index (κ1) is 20.2. The number of hydrogen-bond acceptors (Lipinski definition) is 3. The van der Waals surface area contributed by atoms with Gasteiger partial charge in [-0.05, 0) is 41.5 Å². The van der Waals surface area contributed by atoms with Gasteiger partial charge in [0, 0.05) is 34.5 Å². The molecular weight excluding hydrogens is 431 g/mol. The van der Waals surface area contributed by atoms with Crippen molar-refractivity contribution in [3.8, 4) is 22.4 Å². The summed E-state index contributed by atoms with van der Waals surface area (Å²) < 4.78 is 0. The zero-order valence-corrected chi connectivity index (χ0v) is 18.0. The molecule has 30 heavy (non-hydrogen) atoms. The number of anilines is 2. The molecule has 6 heteroatoms. The van der Waals surface area contributed by atoms with Gasteiger partial charge in [0.05, 0.1) is 11.2 Å². The standard InChI is InChI=1S/C24H17ClN4.V/c25-20-12-6-4-10-18(20)22-14-17(16-8-2-1-3-9-16)15-23(26-22)27-24-19-11-5-7-13-21(19)28-29-24;/h1-15H,(H2,26,27,28,29);. The number of halogens is 1. The van der Waals surface area contributed by atoms with E-state index in [-0.39, 0.29) is 18.6 Å². The molecule has 5 rings (SSSR count). The summed E-state index contributed by atoms with van der Waals surface area (Å²) in [6, 6.07) is 30.0. The topological polar surface area (TPSA) is 53.6 Å². The van der Waals surface area contributed by atoms with Crippen molar-refractivity contribution in [2.75, 3.05) is 5.32 Å². The third-order valence-corrected chi connectivity index (χ3v) is 5.13. The van der Waals surface area contributed by atoms with Crippen LogP contribution >= 0.6 is 11.6 Å². The number of pyridine rings is 1. The maximum atomic E-state index is 6.45. The smallest absolute Gasteiger partial charge is 0.161 e. The summed E-state index contributed by atoms with van der Waals surface area (Å²) in [5, 5.41) is 12.5. The third-order valence-electron chi connectivity index (χ3n) is 4.80. The summed E-state index contributed by atoms with van der Waals surface area (Å²) in [7, 11) is 0. The molecule has 145 valence electrons. The van der Waals surface area contributed by atoms with Crippen LogP contribution in [0.4, 0.5) is 11.6 Å². The SMILES string of the molecule is Clc1ccccc1-c1cc(-c2ccccc2)cc(Nc2n[nH]c3ccccc23)n1.[V]. The quantitative estimate of drug-likeness (QED) is 0.323. The van der Waals surface area contributed by atoms with E-state index in [1.807, 2.05) is 72.8 Å². The van der Waals surface area contributed by atoms with Gasteiger partial charge >= 0.3 is 0 Å². The van der Waals surface area contributed by atoms with E-state index >= 15 is 0 Å². The molecule has 0 unspecified atom stereocenters. The first-order valence-corrected chi connectivity index (χ1v) is 9.68. The van der Waals surface area contributed by atoms with E-state index in [1.54, 1.807) is 0 Å². The van der Waals surface area contributed by atoms with Crippen LogP contribution in [-0.2, 0) is 18.6 Å². The zero-order valence-electron chi connectivity index (χ0n) is 15.9. The van der Waals surface area contributed by atoms with Gasteiger partial charge in [0.1, 0.15) is 5.82 Å². The molecule has 0 aliphatic carbocycles. The Bertz CT molecular complexity index is 1300. The first-order valence-electron chi connectivity index (χ1n) is 9.30. The molecule has 0 saturated heterocycles. The fourth-order valence-corrected chi connectivity index (χ4v) is 3.61. The van der Waals surface area contributed by atoms with Crippen LogP contribution in [0.25, 0.3) is 33.3 Å². The van der Waals surface area contributed by atoms with Crippen LogP contribution in [0, 0.1) is 0 Å². The maximum absolute atomic E-state index is 6.45. The van der Waals surface area contributed by atoms with Gasteiger partial charge in [-0.15, -0.1) is 0 Å². The predicted octanol–water partition coefficient (Wildman–Crippen LogP) is 6.69. The number of nitrogens with one attached hydrogen (secondary N) is 2. The van der Waals surface area contributed by atoms with E-state index in [0.29, 0.717) is 10.8 Å². The van der Waals surface area contributed by atoms with Crippen molar-refractivity contribution in [1.82, 2.24) is 15.2 Å². The summed E-state index contributed by atoms with van der Waals surface area (Å²) in [6.07, 6.45) is 0. The predicted molar refractivity (Wildman–Crippen MR) is 119 cm³/mol. The molecule has 0 atom stereocenters. The van der Waals surface area contributed by atoms with Crippen molar-refractivity contribution in [2.24, 2.45) is 0 Å². The maximum Gasteiger partial charge on any atom is 0.161 e. The zero-order chi connectivity index (χ0) is 19.6. The van der Waals surface area contributed by atoms with E-state index in [9.17, 15) is 0 Å². The van der Waals surface area contributed by atoms with Crippen molar-refractivity contribution < 1.29 is 18.6 Å². The number of rotatable bonds is 4. The van der Waals surface area contributed by atoms with Gasteiger partial charge in [-0.25, -0.2) is 4.98 Å². The van der Waals surface area contributed by atoms with Gasteiger partial charge in [-0.1, -0.05) is 72.3 Å². The molecular formula is C24H17ClN4V. The van der Waals surface area contributed by atoms with E-state index in [2.05, 4.69) is 33.7 Å². The number of H-pyrrole nitrogens is 1. The normalized spacial score (nSPS) is 10.6. The average molecular weight is 448 g/mol. The Labute approximate surface area is 191 Å². The van der Waals surface area contributed by atoms with Crippen molar-refractivity contribution in [1.29, 1.82) is 0 Å². The van der Waals surface area contributed by atoms with Gasteiger partial charge in [0.15, 0.2) is 5.82 Å². The molecule has 0 spiro atoms. The number of aromatic nitrogens is 3. The summed E-state index contributed by atoms with van der Waals surface area (Å²) in [4.78, 5) is 4.82. The molecule has 1 radical (unpaired) electrons. The van der Waals surface area contributed by atoms with E-state index in [1.165, 1.54) is 0 Å². The Hall–Kier alpha value is -3.05. The molecule has 0 saturated carbocycles. The summed E-state index contributed by atoms with van der Waals surface area (Å²) in [5.74, 6) is 1.45. The largest absolute Gasteiger partial charge is 0.323 e. The second-order valence-electron chi connectivity index (χ2n) is 6.71. The monoisotopic (exact) mass is 447 g/mol. The number of hydrogen-bond donors (Lipinski definition) is 2. The Morgan fingerprint density at radius 2 is 1.50 bits per heavy atom. The second kappa shape index (κ2) is 8.76. The molecule has 0 aliphatic heterocycles. The summed E-state index contributed by atoms with van der Waals surface area (Å²) in [6.45, 7) is 0. The van der Waals surface area contributed by atoms with Crippen molar-refractivity contribution in [3.63, 3.8) is 0 Å². The molecule has 5 aromatic rings. The number of aromatic amines is 1. The molecule has 2 N–H and O–H groups in total. The Morgan fingerprint density at radius 1 is 0.767 bits per heavy atom. The third kappa shape index (κ3) is 3.98. The minimum Gasteiger partial charge on any atom is -0.323 e. The van der Waals surface area contributed by atoms with Crippen LogP contribution in [0.1, 0.15) is 0 Å². The van der Waals surface area contributed by atoms with Crippen LogP contribution < -0.4 is 5.32 Å². The minimum atomic E-state index is 0. The number of para-hydroxylation sites is 1.